The van der Waals surface area contributed by atoms with Gasteiger partial charge in [0.25, 0.3) is 0 Å². The number of hydrogen-bond donors (Lipinski definition) is 2. The maximum atomic E-state index is 12.1. The van der Waals surface area contributed by atoms with Gasteiger partial charge in [-0.25, -0.2) is 0 Å². The first-order valence-corrected chi connectivity index (χ1v) is 9.09. The van der Waals surface area contributed by atoms with Gasteiger partial charge in [0.15, 0.2) is 0 Å². The van der Waals surface area contributed by atoms with Crippen LogP contribution in [0, 0.1) is 5.92 Å². The molecule has 5 heteroatoms. The number of carbonyl (C=O) groups excluding carboxylic acids is 1. The Morgan fingerprint density at radius 3 is 2.59 bits per heavy atom. The first-order valence-electron chi connectivity index (χ1n) is 8.27. The first-order chi connectivity index (χ1) is 10.6. The molecule has 0 atom stereocenters. The van der Waals surface area contributed by atoms with Crippen molar-refractivity contribution < 1.29 is 9.90 Å². The average Bonchev–Trinajstić information content (AvgIpc) is 3.01. The molecule has 1 aliphatic carbocycles. The van der Waals surface area contributed by atoms with Crippen LogP contribution < -0.4 is 5.32 Å². The van der Waals surface area contributed by atoms with E-state index in [9.17, 15) is 9.90 Å². The summed E-state index contributed by atoms with van der Waals surface area (Å²) in [4.78, 5) is 16.8. The molecular weight excluding hydrogens is 296 g/mol. The highest BCUT2D eigenvalue weighted by Crippen LogP contribution is 2.26. The van der Waals surface area contributed by atoms with Crippen molar-refractivity contribution >= 4 is 17.2 Å². The summed E-state index contributed by atoms with van der Waals surface area (Å²) in [6, 6.07) is 4.71. The third kappa shape index (κ3) is 5.07. The molecule has 1 fully saturated rings. The van der Waals surface area contributed by atoms with Gasteiger partial charge >= 0.3 is 0 Å². The van der Waals surface area contributed by atoms with Gasteiger partial charge in [-0.15, -0.1) is 11.3 Å². The predicted molar refractivity (Wildman–Crippen MR) is 91.0 cm³/mol. The van der Waals surface area contributed by atoms with Gasteiger partial charge in [-0.05, 0) is 57.2 Å². The maximum Gasteiger partial charge on any atom is 0.234 e. The van der Waals surface area contributed by atoms with E-state index in [2.05, 4.69) is 29.3 Å². The predicted octanol–water partition coefficient (Wildman–Crippen LogP) is 2.41. The summed E-state index contributed by atoms with van der Waals surface area (Å²) in [6.45, 7) is 3.54. The fraction of sp³-hybridized carbons (Fsp3) is 0.706. The van der Waals surface area contributed by atoms with E-state index in [1.165, 1.54) is 9.75 Å². The number of thiophene rings is 1. The molecule has 4 nitrogen and oxygen atoms in total. The quantitative estimate of drug-likeness (QED) is 0.810. The molecule has 0 spiro atoms. The van der Waals surface area contributed by atoms with E-state index in [1.54, 1.807) is 11.3 Å². The summed E-state index contributed by atoms with van der Waals surface area (Å²) in [5.41, 5.74) is 0. The molecule has 0 aliphatic heterocycles. The number of aliphatic hydroxyl groups excluding tert-OH is 1. The van der Waals surface area contributed by atoms with Crippen LogP contribution in [-0.2, 0) is 17.8 Å². The number of hydrogen-bond acceptors (Lipinski definition) is 4. The summed E-state index contributed by atoms with van der Waals surface area (Å²) in [7, 11) is 2.03. The molecule has 0 saturated heterocycles. The smallest absolute Gasteiger partial charge is 0.234 e. The molecule has 0 radical (unpaired) electrons. The van der Waals surface area contributed by atoms with Crippen molar-refractivity contribution in [1.82, 2.24) is 10.2 Å². The van der Waals surface area contributed by atoms with E-state index < -0.39 is 0 Å². The normalized spacial score (nSPS) is 22.0. The van der Waals surface area contributed by atoms with Crippen LogP contribution in [0.2, 0.25) is 0 Å². The zero-order chi connectivity index (χ0) is 15.9. The van der Waals surface area contributed by atoms with Gasteiger partial charge in [-0.2, -0.15) is 0 Å². The minimum atomic E-state index is 0.0956. The highest BCUT2D eigenvalue weighted by atomic mass is 32.1. The monoisotopic (exact) mass is 324 g/mol. The Bertz CT molecular complexity index is 467. The molecule has 1 aromatic rings. The Balaban J connectivity index is 1.70. The van der Waals surface area contributed by atoms with Gasteiger partial charge in [-0.3, -0.25) is 9.69 Å². The summed E-state index contributed by atoms with van der Waals surface area (Å²) in [6.07, 6.45) is 5.36. The largest absolute Gasteiger partial charge is 0.396 e. The lowest BCUT2D eigenvalue weighted by atomic mass is 9.86. The molecule has 0 unspecified atom stereocenters. The average molecular weight is 324 g/mol. The molecule has 1 aliphatic rings. The van der Waals surface area contributed by atoms with Crippen molar-refractivity contribution in [2.45, 2.75) is 51.6 Å². The van der Waals surface area contributed by atoms with Crippen molar-refractivity contribution in [3.05, 3.63) is 21.9 Å². The zero-order valence-corrected chi connectivity index (χ0v) is 14.5. The lowest BCUT2D eigenvalue weighted by molar-refractivity contribution is -0.122. The van der Waals surface area contributed by atoms with Crippen LogP contribution in [0.5, 0.6) is 0 Å². The third-order valence-electron chi connectivity index (χ3n) is 4.62. The van der Waals surface area contributed by atoms with Gasteiger partial charge in [0, 0.05) is 22.4 Å². The molecule has 1 heterocycles. The Morgan fingerprint density at radius 1 is 1.32 bits per heavy atom. The molecule has 2 rings (SSSR count). The summed E-state index contributed by atoms with van der Waals surface area (Å²) in [5, 5.41) is 12.2. The van der Waals surface area contributed by atoms with E-state index >= 15 is 0 Å². The van der Waals surface area contributed by atoms with Gasteiger partial charge in [-0.1, -0.05) is 6.92 Å². The topological polar surface area (TPSA) is 52.6 Å². The Morgan fingerprint density at radius 2 is 2.00 bits per heavy atom. The van der Waals surface area contributed by atoms with Crippen molar-refractivity contribution in [2.75, 3.05) is 20.2 Å². The molecular formula is C17H28N2O2S. The van der Waals surface area contributed by atoms with Crippen LogP contribution in [-0.4, -0.2) is 42.2 Å². The number of carbonyl (C=O) groups is 1. The van der Waals surface area contributed by atoms with E-state index in [-0.39, 0.29) is 5.91 Å². The fourth-order valence-electron chi connectivity index (χ4n) is 3.07. The summed E-state index contributed by atoms with van der Waals surface area (Å²) in [5.74, 6) is 0.559. The van der Waals surface area contributed by atoms with E-state index in [1.807, 2.05) is 7.05 Å². The SMILES string of the molecule is CCc1ccc(CNC(=O)CN(C)C2CCC(CO)CC2)s1. The van der Waals surface area contributed by atoms with Gasteiger partial charge in [0.1, 0.15) is 0 Å². The molecule has 0 aromatic carbocycles. The number of aryl methyl sites for hydroxylation is 1. The standard InChI is InChI=1S/C17H28N2O2S/c1-3-15-8-9-16(22-15)10-18-17(21)11-19(2)14-6-4-13(12-20)5-7-14/h8-9,13-14,20H,3-7,10-12H2,1-2H3,(H,18,21). The highest BCUT2D eigenvalue weighted by Gasteiger charge is 2.24. The number of likely N-dealkylation sites (N-methyl/N-ethyl adjacent to an activating group) is 1. The molecule has 124 valence electrons. The summed E-state index contributed by atoms with van der Waals surface area (Å²) >= 11 is 1.77. The second-order valence-electron chi connectivity index (χ2n) is 6.27. The lowest BCUT2D eigenvalue weighted by Gasteiger charge is -2.33. The molecule has 1 saturated carbocycles. The van der Waals surface area contributed by atoms with Gasteiger partial charge in [0.05, 0.1) is 13.1 Å². The van der Waals surface area contributed by atoms with Crippen molar-refractivity contribution in [1.29, 1.82) is 0 Å². The molecule has 1 amide bonds. The first kappa shape index (κ1) is 17.4. The van der Waals surface area contributed by atoms with Gasteiger partial charge in [0.2, 0.25) is 5.91 Å². The third-order valence-corrected chi connectivity index (χ3v) is 5.85. The van der Waals surface area contributed by atoms with E-state index in [0.717, 1.165) is 32.1 Å². The number of nitrogens with one attached hydrogen (secondary N) is 1. The minimum Gasteiger partial charge on any atom is -0.396 e. The summed E-state index contributed by atoms with van der Waals surface area (Å²) < 4.78 is 0. The maximum absolute atomic E-state index is 12.1. The lowest BCUT2D eigenvalue weighted by Crippen LogP contribution is -2.42. The Kier molecular flexibility index (Phi) is 6.86. The Labute approximate surface area is 137 Å². The van der Waals surface area contributed by atoms with Crippen molar-refractivity contribution in [2.24, 2.45) is 5.92 Å². The van der Waals surface area contributed by atoms with E-state index in [4.69, 9.17) is 0 Å². The fourth-order valence-corrected chi connectivity index (χ4v) is 3.97. The van der Waals surface area contributed by atoms with Crippen LogP contribution in [0.25, 0.3) is 0 Å². The molecule has 1 aromatic heterocycles. The van der Waals surface area contributed by atoms with Crippen molar-refractivity contribution in [3.8, 4) is 0 Å². The van der Waals surface area contributed by atoms with E-state index in [0.29, 0.717) is 31.7 Å². The van der Waals surface area contributed by atoms with Crippen LogP contribution in [0.15, 0.2) is 12.1 Å². The van der Waals surface area contributed by atoms with Gasteiger partial charge < -0.3 is 10.4 Å². The highest BCUT2D eigenvalue weighted by molar-refractivity contribution is 7.11. The number of nitrogens with zero attached hydrogens (tertiary/aromatic N) is 1. The molecule has 2 N–H and O–H groups in total. The van der Waals surface area contributed by atoms with Crippen molar-refractivity contribution in [3.63, 3.8) is 0 Å². The second-order valence-corrected chi connectivity index (χ2v) is 7.52. The Hall–Kier alpha value is -0.910. The second kappa shape index (κ2) is 8.65. The van der Waals surface area contributed by atoms with Crippen LogP contribution >= 0.6 is 11.3 Å². The number of rotatable bonds is 7. The minimum absolute atomic E-state index is 0.0956. The molecule has 0 bridgehead atoms. The molecule has 22 heavy (non-hydrogen) atoms. The number of amides is 1. The van der Waals surface area contributed by atoms with Crippen LogP contribution in [0.1, 0.15) is 42.4 Å². The zero-order valence-electron chi connectivity index (χ0n) is 13.7. The van der Waals surface area contributed by atoms with Crippen LogP contribution in [0.4, 0.5) is 0 Å². The number of aliphatic hydroxyl groups is 1. The van der Waals surface area contributed by atoms with Crippen LogP contribution in [0.3, 0.4) is 0 Å².